The number of anilines is 2. The van der Waals surface area contributed by atoms with Gasteiger partial charge in [0.05, 0.1) is 0 Å². The molecular weight excluding hydrogens is 216 g/mol. The molecule has 2 aromatic rings. The molecule has 90 valence electrons. The molecule has 0 aliphatic carbocycles. The third kappa shape index (κ3) is 3.17. The van der Waals surface area contributed by atoms with E-state index in [1.165, 1.54) is 0 Å². The van der Waals surface area contributed by atoms with Crippen molar-refractivity contribution in [1.29, 1.82) is 0 Å². The maximum atomic E-state index is 5.42. The summed E-state index contributed by atoms with van der Waals surface area (Å²) in [6.07, 6.45) is 0.755. The second-order valence-corrected chi connectivity index (χ2v) is 3.96. The average molecular weight is 232 g/mol. The van der Waals surface area contributed by atoms with E-state index in [0.717, 1.165) is 35.9 Å². The topological polar surface area (TPSA) is 92.5 Å². The van der Waals surface area contributed by atoms with Gasteiger partial charge in [0.2, 0.25) is 5.95 Å². The van der Waals surface area contributed by atoms with Crippen LogP contribution in [-0.2, 0) is 6.42 Å². The van der Waals surface area contributed by atoms with Gasteiger partial charge < -0.3 is 11.1 Å². The largest absolute Gasteiger partial charge is 0.384 e. The van der Waals surface area contributed by atoms with E-state index in [1.54, 1.807) is 0 Å². The Kier molecular flexibility index (Phi) is 3.22. The van der Waals surface area contributed by atoms with Crippen LogP contribution in [0.2, 0.25) is 0 Å². The zero-order valence-electron chi connectivity index (χ0n) is 9.99. The first-order chi connectivity index (χ1) is 8.13. The second kappa shape index (κ2) is 4.82. The number of nitrogens with zero attached hydrogens (tertiary/aromatic N) is 3. The normalized spacial score (nSPS) is 10.5. The molecule has 2 heterocycles. The average Bonchev–Trinajstić information content (AvgIpc) is 2.63. The maximum absolute atomic E-state index is 5.42. The van der Waals surface area contributed by atoms with Crippen LogP contribution in [0.25, 0.3) is 0 Å². The van der Waals surface area contributed by atoms with E-state index in [1.807, 2.05) is 26.0 Å². The van der Waals surface area contributed by atoms with Crippen molar-refractivity contribution in [3.63, 3.8) is 0 Å². The van der Waals surface area contributed by atoms with E-state index in [4.69, 9.17) is 5.73 Å². The van der Waals surface area contributed by atoms with Crippen molar-refractivity contribution < 1.29 is 0 Å². The Morgan fingerprint density at radius 3 is 2.53 bits per heavy atom. The SMILES string of the molecule is Cc1cc(NCCc2nc(N)n[nH]2)cc(C)n1. The summed E-state index contributed by atoms with van der Waals surface area (Å²) in [6.45, 7) is 4.74. The lowest BCUT2D eigenvalue weighted by molar-refractivity contribution is 0.900. The highest BCUT2D eigenvalue weighted by atomic mass is 15.3. The van der Waals surface area contributed by atoms with Crippen LogP contribution in [0.5, 0.6) is 0 Å². The van der Waals surface area contributed by atoms with Gasteiger partial charge in [0.25, 0.3) is 0 Å². The van der Waals surface area contributed by atoms with Crippen LogP contribution in [-0.4, -0.2) is 26.7 Å². The van der Waals surface area contributed by atoms with Gasteiger partial charge in [-0.25, -0.2) is 0 Å². The van der Waals surface area contributed by atoms with Gasteiger partial charge in [-0.1, -0.05) is 0 Å². The van der Waals surface area contributed by atoms with Crippen molar-refractivity contribution in [1.82, 2.24) is 20.2 Å². The Balaban J connectivity index is 1.89. The Bertz CT molecular complexity index is 484. The number of pyridine rings is 1. The molecule has 0 aromatic carbocycles. The molecule has 2 rings (SSSR count). The maximum Gasteiger partial charge on any atom is 0.239 e. The molecule has 0 bridgehead atoms. The molecule has 0 saturated carbocycles. The van der Waals surface area contributed by atoms with Crippen molar-refractivity contribution in [2.45, 2.75) is 20.3 Å². The van der Waals surface area contributed by atoms with Crippen LogP contribution in [0.15, 0.2) is 12.1 Å². The number of nitrogen functional groups attached to an aromatic ring is 1. The Hall–Kier alpha value is -2.11. The first-order valence-corrected chi connectivity index (χ1v) is 5.49. The van der Waals surface area contributed by atoms with E-state index in [-0.39, 0.29) is 5.95 Å². The zero-order valence-corrected chi connectivity index (χ0v) is 9.99. The molecular formula is C11H16N6. The summed E-state index contributed by atoms with van der Waals surface area (Å²) in [4.78, 5) is 8.35. The third-order valence-corrected chi connectivity index (χ3v) is 2.32. The Morgan fingerprint density at radius 2 is 1.94 bits per heavy atom. The predicted octanol–water partition coefficient (Wildman–Crippen LogP) is 1.05. The van der Waals surface area contributed by atoms with Gasteiger partial charge in [0.1, 0.15) is 5.82 Å². The van der Waals surface area contributed by atoms with Crippen molar-refractivity contribution in [3.05, 3.63) is 29.3 Å². The van der Waals surface area contributed by atoms with Gasteiger partial charge >= 0.3 is 0 Å². The number of hydrogen-bond acceptors (Lipinski definition) is 5. The smallest absolute Gasteiger partial charge is 0.239 e. The fourth-order valence-corrected chi connectivity index (χ4v) is 1.68. The minimum atomic E-state index is 0.288. The Morgan fingerprint density at radius 1 is 1.24 bits per heavy atom. The van der Waals surface area contributed by atoms with Crippen LogP contribution in [0.4, 0.5) is 11.6 Å². The summed E-state index contributed by atoms with van der Waals surface area (Å²) in [5.41, 5.74) is 8.51. The lowest BCUT2D eigenvalue weighted by Crippen LogP contribution is -2.06. The Labute approximate surface area is 99.7 Å². The molecule has 0 fully saturated rings. The quantitative estimate of drug-likeness (QED) is 0.732. The lowest BCUT2D eigenvalue weighted by Gasteiger charge is -2.06. The summed E-state index contributed by atoms with van der Waals surface area (Å²) in [6, 6.07) is 4.03. The number of nitrogens with two attached hydrogens (primary N) is 1. The highest BCUT2D eigenvalue weighted by molar-refractivity contribution is 5.45. The fourth-order valence-electron chi connectivity index (χ4n) is 1.68. The van der Waals surface area contributed by atoms with Gasteiger partial charge in [-0.3, -0.25) is 10.1 Å². The minimum absolute atomic E-state index is 0.288. The van der Waals surface area contributed by atoms with E-state index in [9.17, 15) is 0 Å². The van der Waals surface area contributed by atoms with Crippen molar-refractivity contribution >= 4 is 11.6 Å². The molecule has 0 saturated heterocycles. The highest BCUT2D eigenvalue weighted by Gasteiger charge is 2.00. The number of rotatable bonds is 4. The molecule has 2 aromatic heterocycles. The van der Waals surface area contributed by atoms with E-state index in [0.29, 0.717) is 0 Å². The predicted molar refractivity (Wildman–Crippen MR) is 66.7 cm³/mol. The first-order valence-electron chi connectivity index (χ1n) is 5.49. The summed E-state index contributed by atoms with van der Waals surface area (Å²) < 4.78 is 0. The summed E-state index contributed by atoms with van der Waals surface area (Å²) in [5.74, 6) is 1.08. The standard InChI is InChI=1S/C11H16N6/c1-7-5-9(6-8(2)14-7)13-4-3-10-15-11(12)17-16-10/h5-6H,3-4H2,1-2H3,(H,13,14)(H3,12,15,16,17). The first kappa shape index (κ1) is 11.4. The number of nitrogens with one attached hydrogen (secondary N) is 2. The molecule has 17 heavy (non-hydrogen) atoms. The molecule has 0 aliphatic heterocycles. The van der Waals surface area contributed by atoms with Crippen molar-refractivity contribution in [2.75, 3.05) is 17.6 Å². The number of H-pyrrole nitrogens is 1. The highest BCUT2D eigenvalue weighted by Crippen LogP contribution is 2.10. The summed E-state index contributed by atoms with van der Waals surface area (Å²) in [5, 5.41) is 9.87. The number of aryl methyl sites for hydroxylation is 2. The zero-order chi connectivity index (χ0) is 12.3. The van der Waals surface area contributed by atoms with Crippen LogP contribution in [0.1, 0.15) is 17.2 Å². The van der Waals surface area contributed by atoms with Crippen molar-refractivity contribution in [2.24, 2.45) is 0 Å². The van der Waals surface area contributed by atoms with E-state index < -0.39 is 0 Å². The molecule has 0 amide bonds. The molecule has 0 radical (unpaired) electrons. The van der Waals surface area contributed by atoms with Crippen LogP contribution in [0, 0.1) is 13.8 Å². The number of aromatic nitrogens is 4. The number of aromatic amines is 1. The van der Waals surface area contributed by atoms with Gasteiger partial charge in [-0.05, 0) is 26.0 Å². The minimum Gasteiger partial charge on any atom is -0.384 e. The monoisotopic (exact) mass is 232 g/mol. The molecule has 0 atom stereocenters. The van der Waals surface area contributed by atoms with Crippen LogP contribution >= 0.6 is 0 Å². The molecule has 0 spiro atoms. The molecule has 4 N–H and O–H groups in total. The third-order valence-electron chi connectivity index (χ3n) is 2.32. The summed E-state index contributed by atoms with van der Waals surface area (Å²) >= 11 is 0. The van der Waals surface area contributed by atoms with Crippen molar-refractivity contribution in [3.8, 4) is 0 Å². The molecule has 6 nitrogen and oxygen atoms in total. The van der Waals surface area contributed by atoms with E-state index >= 15 is 0 Å². The van der Waals surface area contributed by atoms with Crippen LogP contribution < -0.4 is 11.1 Å². The molecule has 6 heteroatoms. The fraction of sp³-hybridized carbons (Fsp3) is 0.364. The van der Waals surface area contributed by atoms with Gasteiger partial charge in [-0.15, -0.1) is 5.10 Å². The van der Waals surface area contributed by atoms with Gasteiger partial charge in [-0.2, -0.15) is 4.98 Å². The van der Waals surface area contributed by atoms with Gasteiger partial charge in [0.15, 0.2) is 0 Å². The number of hydrogen-bond donors (Lipinski definition) is 3. The lowest BCUT2D eigenvalue weighted by atomic mass is 10.2. The summed E-state index contributed by atoms with van der Waals surface area (Å²) in [7, 11) is 0. The van der Waals surface area contributed by atoms with Crippen LogP contribution in [0.3, 0.4) is 0 Å². The van der Waals surface area contributed by atoms with E-state index in [2.05, 4.69) is 25.5 Å². The second-order valence-electron chi connectivity index (χ2n) is 3.96. The molecule has 0 aliphatic rings. The molecule has 0 unspecified atom stereocenters. The van der Waals surface area contributed by atoms with Gasteiger partial charge in [0, 0.05) is 30.0 Å².